The van der Waals surface area contributed by atoms with Gasteiger partial charge in [-0.3, -0.25) is 14.5 Å². The normalized spacial score (nSPS) is 26.4. The molecule has 3 aliphatic rings. The van der Waals surface area contributed by atoms with Gasteiger partial charge in [0.2, 0.25) is 11.8 Å². The lowest BCUT2D eigenvalue weighted by Gasteiger charge is -2.43. The van der Waals surface area contributed by atoms with Gasteiger partial charge in [-0.15, -0.1) is 0 Å². The van der Waals surface area contributed by atoms with E-state index in [1.54, 1.807) is 0 Å². The number of nitrogens with two attached hydrogens (primary N) is 1. The summed E-state index contributed by atoms with van der Waals surface area (Å²) in [6.45, 7) is 7.99. The largest absolute Gasteiger partial charge is 0.343 e. The van der Waals surface area contributed by atoms with Gasteiger partial charge in [0.1, 0.15) is 0 Å². The van der Waals surface area contributed by atoms with Crippen molar-refractivity contribution in [1.82, 2.24) is 19.6 Å². The Hall–Kier alpha value is -1.18. The maximum absolute atomic E-state index is 12.9. The first-order valence-electron chi connectivity index (χ1n) is 10.8. The number of amides is 2. The smallest absolute Gasteiger partial charge is 0.227 e. The van der Waals surface area contributed by atoms with Gasteiger partial charge < -0.3 is 20.4 Å². The fourth-order valence-electron chi connectivity index (χ4n) is 4.72. The van der Waals surface area contributed by atoms with Crippen LogP contribution < -0.4 is 5.73 Å². The minimum absolute atomic E-state index is 0.159. The number of piperidine rings is 2. The summed E-state index contributed by atoms with van der Waals surface area (Å²) in [4.78, 5) is 34.0. The average Bonchev–Trinajstić information content (AvgIpc) is 2.72. The highest BCUT2D eigenvalue weighted by molar-refractivity contribution is 5.79. The topological polar surface area (TPSA) is 73.1 Å². The molecule has 3 rings (SSSR count). The van der Waals surface area contributed by atoms with Crippen LogP contribution in [0.3, 0.4) is 0 Å². The predicted molar refractivity (Wildman–Crippen MR) is 106 cm³/mol. The molecule has 2 amide bonds. The highest BCUT2D eigenvalue weighted by atomic mass is 16.2. The van der Waals surface area contributed by atoms with Gasteiger partial charge in [-0.05, 0) is 52.2 Å². The van der Waals surface area contributed by atoms with Crippen molar-refractivity contribution in [2.75, 3.05) is 66.0 Å². The molecule has 3 fully saturated rings. The first-order valence-corrected chi connectivity index (χ1v) is 10.8. The first-order chi connectivity index (χ1) is 13.1. The lowest BCUT2D eigenvalue weighted by atomic mass is 9.92. The van der Waals surface area contributed by atoms with Crippen molar-refractivity contribution >= 4 is 11.8 Å². The van der Waals surface area contributed by atoms with Crippen LogP contribution in [0.25, 0.3) is 0 Å². The summed E-state index contributed by atoms with van der Waals surface area (Å²) in [7, 11) is 2.12. The maximum Gasteiger partial charge on any atom is 0.227 e. The summed E-state index contributed by atoms with van der Waals surface area (Å²) in [5.74, 6) is 0.772. The van der Waals surface area contributed by atoms with Gasteiger partial charge in [0.25, 0.3) is 0 Å². The molecule has 0 aromatic heterocycles. The van der Waals surface area contributed by atoms with E-state index in [-0.39, 0.29) is 11.8 Å². The molecular formula is C20H37N5O2. The van der Waals surface area contributed by atoms with E-state index in [1.165, 1.54) is 0 Å². The van der Waals surface area contributed by atoms with Crippen molar-refractivity contribution in [3.8, 4) is 0 Å². The van der Waals surface area contributed by atoms with Crippen LogP contribution in [0.1, 0.15) is 38.5 Å². The van der Waals surface area contributed by atoms with E-state index in [2.05, 4.69) is 21.7 Å². The molecule has 0 aromatic carbocycles. The Kier molecular flexibility index (Phi) is 7.49. The van der Waals surface area contributed by atoms with E-state index in [0.717, 1.165) is 84.5 Å². The van der Waals surface area contributed by atoms with Gasteiger partial charge in [-0.2, -0.15) is 0 Å². The summed E-state index contributed by atoms with van der Waals surface area (Å²) in [6, 6.07) is 0.520. The third-order valence-corrected chi connectivity index (χ3v) is 6.55. The maximum atomic E-state index is 12.9. The van der Waals surface area contributed by atoms with E-state index >= 15 is 0 Å². The van der Waals surface area contributed by atoms with Crippen LogP contribution in [-0.2, 0) is 9.59 Å². The van der Waals surface area contributed by atoms with Crippen molar-refractivity contribution in [3.63, 3.8) is 0 Å². The van der Waals surface area contributed by atoms with Gasteiger partial charge in [0, 0.05) is 58.3 Å². The molecule has 3 heterocycles. The Morgan fingerprint density at radius 2 is 1.63 bits per heavy atom. The molecule has 3 aliphatic heterocycles. The summed E-state index contributed by atoms with van der Waals surface area (Å²) in [6.07, 6.45) is 5.55. The lowest BCUT2D eigenvalue weighted by Crippen LogP contribution is -2.54. The van der Waals surface area contributed by atoms with Crippen LogP contribution in [0, 0.1) is 5.92 Å². The molecule has 0 saturated carbocycles. The standard InChI is InChI=1S/C20H37N5O2/c1-22-12-14-24(15-13-22)20(27)17-4-3-9-25(16-17)18-6-10-23(11-7-18)19(26)5-2-8-21/h17-18H,2-16,21H2,1H3. The number of carbonyl (C=O) groups is 2. The third kappa shape index (κ3) is 5.42. The van der Waals surface area contributed by atoms with Crippen LogP contribution in [0.2, 0.25) is 0 Å². The van der Waals surface area contributed by atoms with Gasteiger partial charge in [-0.25, -0.2) is 0 Å². The zero-order valence-corrected chi connectivity index (χ0v) is 16.9. The molecule has 7 heteroatoms. The number of likely N-dealkylation sites (N-methyl/N-ethyl adjacent to an activating group) is 1. The summed E-state index contributed by atoms with van der Waals surface area (Å²) in [5, 5.41) is 0. The number of likely N-dealkylation sites (tertiary alicyclic amines) is 2. The van der Waals surface area contributed by atoms with Crippen LogP contribution in [-0.4, -0.2) is 103 Å². The first kappa shape index (κ1) is 20.6. The van der Waals surface area contributed by atoms with Crippen molar-refractivity contribution in [2.24, 2.45) is 11.7 Å². The number of nitrogens with zero attached hydrogens (tertiary/aromatic N) is 4. The SMILES string of the molecule is CN1CCN(C(=O)C2CCCN(C3CCN(C(=O)CCCN)CC3)C2)CC1. The molecular weight excluding hydrogens is 342 g/mol. The molecule has 2 N–H and O–H groups in total. The molecule has 0 bridgehead atoms. The molecule has 154 valence electrons. The van der Waals surface area contributed by atoms with Crippen LogP contribution in [0.5, 0.6) is 0 Å². The summed E-state index contributed by atoms with van der Waals surface area (Å²) < 4.78 is 0. The Labute approximate surface area is 163 Å². The zero-order valence-electron chi connectivity index (χ0n) is 16.9. The molecule has 7 nitrogen and oxygen atoms in total. The Morgan fingerprint density at radius 1 is 0.926 bits per heavy atom. The number of rotatable bonds is 5. The van der Waals surface area contributed by atoms with Crippen molar-refractivity contribution < 1.29 is 9.59 Å². The second-order valence-corrected chi connectivity index (χ2v) is 8.47. The number of hydrogen-bond acceptors (Lipinski definition) is 5. The van der Waals surface area contributed by atoms with E-state index in [0.29, 0.717) is 24.9 Å². The Balaban J connectivity index is 1.46. The minimum Gasteiger partial charge on any atom is -0.343 e. The average molecular weight is 380 g/mol. The lowest BCUT2D eigenvalue weighted by molar-refractivity contribution is -0.139. The van der Waals surface area contributed by atoms with Crippen molar-refractivity contribution in [1.29, 1.82) is 0 Å². The van der Waals surface area contributed by atoms with E-state index in [4.69, 9.17) is 5.73 Å². The van der Waals surface area contributed by atoms with Crippen LogP contribution >= 0.6 is 0 Å². The number of hydrogen-bond donors (Lipinski definition) is 1. The van der Waals surface area contributed by atoms with Crippen molar-refractivity contribution in [2.45, 2.75) is 44.6 Å². The van der Waals surface area contributed by atoms with E-state index < -0.39 is 0 Å². The van der Waals surface area contributed by atoms with Gasteiger partial charge >= 0.3 is 0 Å². The number of piperazine rings is 1. The summed E-state index contributed by atoms with van der Waals surface area (Å²) >= 11 is 0. The molecule has 0 radical (unpaired) electrons. The van der Waals surface area contributed by atoms with Gasteiger partial charge in [0.15, 0.2) is 0 Å². The zero-order chi connectivity index (χ0) is 19.2. The fourth-order valence-corrected chi connectivity index (χ4v) is 4.72. The van der Waals surface area contributed by atoms with E-state index in [1.807, 2.05) is 4.90 Å². The summed E-state index contributed by atoms with van der Waals surface area (Å²) in [5.41, 5.74) is 5.51. The quantitative estimate of drug-likeness (QED) is 0.739. The third-order valence-electron chi connectivity index (χ3n) is 6.55. The molecule has 0 aliphatic carbocycles. The second-order valence-electron chi connectivity index (χ2n) is 8.47. The van der Waals surface area contributed by atoms with Crippen LogP contribution in [0.4, 0.5) is 0 Å². The number of carbonyl (C=O) groups excluding carboxylic acids is 2. The van der Waals surface area contributed by atoms with Gasteiger partial charge in [-0.1, -0.05) is 0 Å². The van der Waals surface area contributed by atoms with E-state index in [9.17, 15) is 9.59 Å². The molecule has 1 atom stereocenters. The highest BCUT2D eigenvalue weighted by Crippen LogP contribution is 2.25. The molecule has 0 spiro atoms. The Bertz CT molecular complexity index is 499. The van der Waals surface area contributed by atoms with Gasteiger partial charge in [0.05, 0.1) is 5.92 Å². The minimum atomic E-state index is 0.159. The molecule has 0 aromatic rings. The second kappa shape index (κ2) is 9.85. The molecule has 1 unspecified atom stereocenters. The molecule has 27 heavy (non-hydrogen) atoms. The monoisotopic (exact) mass is 379 g/mol. The highest BCUT2D eigenvalue weighted by Gasteiger charge is 2.34. The van der Waals surface area contributed by atoms with Crippen LogP contribution in [0.15, 0.2) is 0 Å². The fraction of sp³-hybridized carbons (Fsp3) is 0.900. The predicted octanol–water partition coefficient (Wildman–Crippen LogP) is 0.202. The Morgan fingerprint density at radius 3 is 2.30 bits per heavy atom. The van der Waals surface area contributed by atoms with Crippen molar-refractivity contribution in [3.05, 3.63) is 0 Å². The molecule has 3 saturated heterocycles.